The van der Waals surface area contributed by atoms with Crippen LogP contribution >= 0.6 is 0 Å². The fourth-order valence-electron chi connectivity index (χ4n) is 2.14. The standard InChI is InChI=1S/C12H14O2/c1-7-3-4-9-6-10(13)5-8(2)11(9)12(7)14/h5-7,13H,3-4H2,1-2H3. The zero-order valence-corrected chi connectivity index (χ0v) is 8.50. The number of aryl methyl sites for hydroxylation is 2. The van der Waals surface area contributed by atoms with Gasteiger partial charge in [-0.1, -0.05) is 6.92 Å². The highest BCUT2D eigenvalue weighted by atomic mass is 16.3. The molecule has 1 aliphatic rings. The molecule has 2 nitrogen and oxygen atoms in total. The first-order valence-electron chi connectivity index (χ1n) is 4.96. The van der Waals surface area contributed by atoms with Crippen molar-refractivity contribution in [2.24, 2.45) is 5.92 Å². The third kappa shape index (κ3) is 1.31. The number of carbonyl (C=O) groups is 1. The molecule has 1 aliphatic carbocycles. The molecule has 74 valence electrons. The van der Waals surface area contributed by atoms with Crippen LogP contribution in [0.1, 0.15) is 34.8 Å². The van der Waals surface area contributed by atoms with Gasteiger partial charge in [0.05, 0.1) is 0 Å². The van der Waals surface area contributed by atoms with E-state index >= 15 is 0 Å². The fourth-order valence-corrected chi connectivity index (χ4v) is 2.14. The summed E-state index contributed by atoms with van der Waals surface area (Å²) < 4.78 is 0. The van der Waals surface area contributed by atoms with E-state index in [1.165, 1.54) is 0 Å². The second-order valence-corrected chi connectivity index (χ2v) is 4.10. The molecule has 0 heterocycles. The first-order valence-corrected chi connectivity index (χ1v) is 4.96. The lowest BCUT2D eigenvalue weighted by molar-refractivity contribution is 0.0913. The molecule has 0 saturated heterocycles. The third-order valence-electron chi connectivity index (χ3n) is 2.94. The molecule has 2 rings (SSSR count). The molecule has 1 N–H and O–H groups in total. The number of rotatable bonds is 0. The second kappa shape index (κ2) is 3.12. The van der Waals surface area contributed by atoms with Crippen LogP contribution in [0.5, 0.6) is 5.75 Å². The van der Waals surface area contributed by atoms with Crippen molar-refractivity contribution in [1.29, 1.82) is 0 Å². The number of Topliss-reactive ketones (excluding diaryl/α,β-unsaturated/α-hetero) is 1. The van der Waals surface area contributed by atoms with Gasteiger partial charge >= 0.3 is 0 Å². The Morgan fingerprint density at radius 2 is 2.14 bits per heavy atom. The van der Waals surface area contributed by atoms with Crippen LogP contribution in [0.25, 0.3) is 0 Å². The van der Waals surface area contributed by atoms with E-state index in [9.17, 15) is 9.90 Å². The van der Waals surface area contributed by atoms with E-state index in [1.54, 1.807) is 12.1 Å². The molecule has 0 radical (unpaired) electrons. The van der Waals surface area contributed by atoms with E-state index in [0.717, 1.165) is 29.5 Å². The normalized spacial score (nSPS) is 20.7. The Hall–Kier alpha value is -1.31. The Morgan fingerprint density at radius 3 is 2.86 bits per heavy atom. The van der Waals surface area contributed by atoms with Crippen molar-refractivity contribution in [3.8, 4) is 5.75 Å². The number of aromatic hydroxyl groups is 1. The monoisotopic (exact) mass is 190 g/mol. The SMILES string of the molecule is Cc1cc(O)cc2c1C(=O)C(C)CC2. The van der Waals surface area contributed by atoms with Crippen molar-refractivity contribution >= 4 is 5.78 Å². The molecule has 0 fully saturated rings. The molecule has 2 heteroatoms. The Balaban J connectivity index is 2.60. The van der Waals surface area contributed by atoms with E-state index in [1.807, 2.05) is 13.8 Å². The van der Waals surface area contributed by atoms with Gasteiger partial charge in [0.25, 0.3) is 0 Å². The Bertz CT molecular complexity index is 394. The molecule has 0 bridgehead atoms. The van der Waals surface area contributed by atoms with Gasteiger partial charge in [0.15, 0.2) is 5.78 Å². The molecule has 1 aromatic rings. The molecule has 0 saturated carbocycles. The highest BCUT2D eigenvalue weighted by molar-refractivity contribution is 6.01. The van der Waals surface area contributed by atoms with Gasteiger partial charge in [-0.3, -0.25) is 4.79 Å². The largest absolute Gasteiger partial charge is 0.508 e. The van der Waals surface area contributed by atoms with Crippen LogP contribution in [0.4, 0.5) is 0 Å². The van der Waals surface area contributed by atoms with Crippen molar-refractivity contribution in [2.45, 2.75) is 26.7 Å². The first kappa shape index (κ1) is 9.25. The summed E-state index contributed by atoms with van der Waals surface area (Å²) in [5.41, 5.74) is 2.74. The number of ketones is 1. The molecule has 1 aromatic carbocycles. The maximum atomic E-state index is 11.9. The molecule has 0 spiro atoms. The van der Waals surface area contributed by atoms with Crippen LogP contribution in [0.2, 0.25) is 0 Å². The van der Waals surface area contributed by atoms with Gasteiger partial charge in [0.1, 0.15) is 5.75 Å². The predicted molar refractivity (Wildman–Crippen MR) is 54.7 cm³/mol. The van der Waals surface area contributed by atoms with Crippen LogP contribution in [-0.2, 0) is 6.42 Å². The summed E-state index contributed by atoms with van der Waals surface area (Å²) in [5.74, 6) is 0.623. The number of phenols is 1. The average molecular weight is 190 g/mol. The van der Waals surface area contributed by atoms with Gasteiger partial charge in [-0.25, -0.2) is 0 Å². The van der Waals surface area contributed by atoms with Crippen molar-refractivity contribution in [2.75, 3.05) is 0 Å². The summed E-state index contributed by atoms with van der Waals surface area (Å²) in [7, 11) is 0. The van der Waals surface area contributed by atoms with E-state index < -0.39 is 0 Å². The first-order chi connectivity index (χ1) is 6.59. The number of hydrogen-bond acceptors (Lipinski definition) is 2. The molecule has 1 unspecified atom stereocenters. The zero-order chi connectivity index (χ0) is 10.3. The summed E-state index contributed by atoms with van der Waals surface area (Å²) in [6, 6.07) is 3.38. The molecule has 0 aliphatic heterocycles. The van der Waals surface area contributed by atoms with Crippen LogP contribution in [0.15, 0.2) is 12.1 Å². The zero-order valence-electron chi connectivity index (χ0n) is 8.50. The minimum absolute atomic E-state index is 0.130. The topological polar surface area (TPSA) is 37.3 Å². The molecule has 0 amide bonds. The maximum absolute atomic E-state index is 11.9. The number of benzene rings is 1. The lowest BCUT2D eigenvalue weighted by atomic mass is 9.81. The van der Waals surface area contributed by atoms with Crippen LogP contribution in [0.3, 0.4) is 0 Å². The third-order valence-corrected chi connectivity index (χ3v) is 2.94. The molecule has 1 atom stereocenters. The lowest BCUT2D eigenvalue weighted by Gasteiger charge is -2.22. The Morgan fingerprint density at radius 1 is 1.43 bits per heavy atom. The van der Waals surface area contributed by atoms with Gasteiger partial charge in [-0.15, -0.1) is 0 Å². The summed E-state index contributed by atoms with van der Waals surface area (Å²) >= 11 is 0. The highest BCUT2D eigenvalue weighted by Gasteiger charge is 2.25. The molecule has 0 aromatic heterocycles. The lowest BCUT2D eigenvalue weighted by Crippen LogP contribution is -2.21. The van der Waals surface area contributed by atoms with Gasteiger partial charge in [-0.05, 0) is 43.0 Å². The smallest absolute Gasteiger partial charge is 0.166 e. The second-order valence-electron chi connectivity index (χ2n) is 4.10. The van der Waals surface area contributed by atoms with Gasteiger partial charge < -0.3 is 5.11 Å². The quantitative estimate of drug-likeness (QED) is 0.682. The van der Waals surface area contributed by atoms with E-state index in [0.29, 0.717) is 0 Å². The molecular weight excluding hydrogens is 176 g/mol. The fraction of sp³-hybridized carbons (Fsp3) is 0.417. The van der Waals surface area contributed by atoms with Crippen LogP contribution in [-0.4, -0.2) is 10.9 Å². The van der Waals surface area contributed by atoms with E-state index in [4.69, 9.17) is 0 Å². The van der Waals surface area contributed by atoms with Gasteiger partial charge in [0.2, 0.25) is 0 Å². The average Bonchev–Trinajstić information content (AvgIpc) is 2.10. The number of carbonyl (C=O) groups excluding carboxylic acids is 1. The molecule has 14 heavy (non-hydrogen) atoms. The minimum Gasteiger partial charge on any atom is -0.508 e. The predicted octanol–water partition coefficient (Wildman–Crippen LogP) is 2.47. The minimum atomic E-state index is 0.130. The maximum Gasteiger partial charge on any atom is 0.166 e. The van der Waals surface area contributed by atoms with Crippen molar-refractivity contribution < 1.29 is 9.90 Å². The van der Waals surface area contributed by atoms with Gasteiger partial charge in [-0.2, -0.15) is 0 Å². The number of phenolic OH excluding ortho intramolecular Hbond substituents is 1. The summed E-state index contributed by atoms with van der Waals surface area (Å²) in [4.78, 5) is 11.9. The summed E-state index contributed by atoms with van der Waals surface area (Å²) in [6.07, 6.45) is 1.80. The Kier molecular flexibility index (Phi) is 2.06. The van der Waals surface area contributed by atoms with Crippen molar-refractivity contribution in [3.05, 3.63) is 28.8 Å². The van der Waals surface area contributed by atoms with E-state index in [-0.39, 0.29) is 17.5 Å². The Labute approximate surface area is 83.6 Å². The van der Waals surface area contributed by atoms with Crippen LogP contribution < -0.4 is 0 Å². The van der Waals surface area contributed by atoms with Crippen LogP contribution in [0, 0.1) is 12.8 Å². The van der Waals surface area contributed by atoms with Gasteiger partial charge in [0, 0.05) is 11.5 Å². The summed E-state index contributed by atoms with van der Waals surface area (Å²) in [5, 5.41) is 9.41. The number of hydrogen-bond donors (Lipinski definition) is 1. The van der Waals surface area contributed by atoms with E-state index in [2.05, 4.69) is 0 Å². The van der Waals surface area contributed by atoms with Crippen molar-refractivity contribution in [1.82, 2.24) is 0 Å². The summed E-state index contributed by atoms with van der Waals surface area (Å²) in [6.45, 7) is 3.85. The molecular formula is C12H14O2. The highest BCUT2D eigenvalue weighted by Crippen LogP contribution is 2.30. The van der Waals surface area contributed by atoms with Crippen molar-refractivity contribution in [3.63, 3.8) is 0 Å². The number of fused-ring (bicyclic) bond motifs is 1.